The Bertz CT molecular complexity index is 679. The molecule has 0 radical (unpaired) electrons. The van der Waals surface area contributed by atoms with E-state index in [4.69, 9.17) is 9.47 Å². The first-order chi connectivity index (χ1) is 21.9. The van der Waals surface area contributed by atoms with Gasteiger partial charge in [-0.1, -0.05) is 155 Å². The highest BCUT2D eigenvalue weighted by atomic mass is 16.6. The van der Waals surface area contributed by atoms with Crippen molar-refractivity contribution >= 4 is 6.09 Å². The van der Waals surface area contributed by atoms with Crippen LogP contribution >= 0.6 is 0 Å². The summed E-state index contributed by atoms with van der Waals surface area (Å²) in [6.45, 7) is 6.16. The second-order valence-corrected chi connectivity index (χ2v) is 13.7. The lowest BCUT2D eigenvalue weighted by Gasteiger charge is -2.44. The fourth-order valence-corrected chi connectivity index (χ4v) is 6.36. The van der Waals surface area contributed by atoms with E-state index < -0.39 is 43.3 Å². The number of aliphatic hydroxyl groups is 4. The second-order valence-electron chi connectivity index (χ2n) is 13.7. The van der Waals surface area contributed by atoms with Crippen molar-refractivity contribution in [3.63, 3.8) is 0 Å². The van der Waals surface area contributed by atoms with E-state index in [0.717, 1.165) is 44.9 Å². The van der Waals surface area contributed by atoms with Crippen molar-refractivity contribution in [2.24, 2.45) is 0 Å². The molecule has 268 valence electrons. The molecule has 0 spiro atoms. The van der Waals surface area contributed by atoms with Crippen molar-refractivity contribution in [1.29, 1.82) is 0 Å². The summed E-state index contributed by atoms with van der Waals surface area (Å²) in [5, 5.41) is 41.0. The van der Waals surface area contributed by atoms with Crippen LogP contribution in [0.1, 0.15) is 181 Å². The smallest absolute Gasteiger partial charge is 0.412 e. The fraction of sp³-hybridized carbons (Fsp3) is 0.973. The average molecular weight is 644 g/mol. The molecule has 1 aliphatic rings. The van der Waals surface area contributed by atoms with Gasteiger partial charge in [0.1, 0.15) is 30.5 Å². The molecule has 4 N–H and O–H groups in total. The Hall–Kier alpha value is -0.930. The van der Waals surface area contributed by atoms with E-state index in [9.17, 15) is 25.2 Å². The standard InChI is InChI=1S/C37H73NO7/c1-4-6-8-10-12-14-15-16-17-18-19-20-21-23-25-27-29-38(36-35(42)34(41)33(40)32(30-39)45-36)37(43)44-31(3)28-26-24-22-13-11-9-7-5-2/h31-36,39-42H,4-30H2,1-3H3/t31?,32-,33-,34+,35-,36?/m1/s1. The molecule has 8 nitrogen and oxygen atoms in total. The average Bonchev–Trinajstić information content (AvgIpc) is 3.03. The Balaban J connectivity index is 2.40. The quantitative estimate of drug-likeness (QED) is 0.0604. The summed E-state index contributed by atoms with van der Waals surface area (Å²) in [5.41, 5.74) is 0. The highest BCUT2D eigenvalue weighted by Crippen LogP contribution is 2.26. The largest absolute Gasteiger partial charge is 0.446 e. The summed E-state index contributed by atoms with van der Waals surface area (Å²) in [4.78, 5) is 14.7. The van der Waals surface area contributed by atoms with E-state index >= 15 is 0 Å². The summed E-state index contributed by atoms with van der Waals surface area (Å²) >= 11 is 0. The minimum atomic E-state index is -1.53. The Labute approximate surface area is 276 Å². The topological polar surface area (TPSA) is 120 Å². The molecule has 45 heavy (non-hydrogen) atoms. The van der Waals surface area contributed by atoms with Crippen LogP contribution in [0.15, 0.2) is 0 Å². The monoisotopic (exact) mass is 644 g/mol. The molecule has 1 aliphatic heterocycles. The maximum atomic E-state index is 13.3. The molecule has 1 saturated heterocycles. The minimum absolute atomic E-state index is 0.282. The number of carbonyl (C=O) groups excluding carboxylic acids is 1. The van der Waals surface area contributed by atoms with Crippen LogP contribution in [0.5, 0.6) is 0 Å². The Kier molecular flexibility index (Phi) is 26.3. The van der Waals surface area contributed by atoms with Gasteiger partial charge in [0.15, 0.2) is 6.23 Å². The summed E-state index contributed by atoms with van der Waals surface area (Å²) in [6, 6.07) is 0. The molecule has 1 rings (SSSR count). The van der Waals surface area contributed by atoms with Crippen LogP contribution < -0.4 is 0 Å². The number of carbonyl (C=O) groups is 1. The van der Waals surface area contributed by atoms with Crippen molar-refractivity contribution in [3.8, 4) is 0 Å². The van der Waals surface area contributed by atoms with Crippen molar-refractivity contribution in [2.75, 3.05) is 13.2 Å². The minimum Gasteiger partial charge on any atom is -0.446 e. The number of aliphatic hydroxyl groups excluding tert-OH is 4. The first kappa shape index (κ1) is 42.1. The molecule has 6 atom stereocenters. The number of amides is 1. The van der Waals surface area contributed by atoms with Gasteiger partial charge in [0.2, 0.25) is 0 Å². The van der Waals surface area contributed by atoms with E-state index in [-0.39, 0.29) is 6.10 Å². The zero-order valence-corrected chi connectivity index (χ0v) is 29.5. The second kappa shape index (κ2) is 28.1. The van der Waals surface area contributed by atoms with Crippen molar-refractivity contribution < 1.29 is 34.7 Å². The SMILES string of the molecule is CCCCCCCCCCCCCCCCCCN(C(=O)OC(C)CCCCCCCCCC)C1O[C@H](CO)[C@@H](O)[C@H](O)[C@H]1O. The number of hydrogen-bond acceptors (Lipinski definition) is 7. The maximum Gasteiger partial charge on any atom is 0.412 e. The third-order valence-electron chi connectivity index (χ3n) is 9.43. The fourth-order valence-electron chi connectivity index (χ4n) is 6.36. The van der Waals surface area contributed by atoms with E-state index in [2.05, 4.69) is 13.8 Å². The molecule has 0 saturated carbocycles. The van der Waals surface area contributed by atoms with Crippen molar-refractivity contribution in [2.45, 2.75) is 218 Å². The van der Waals surface area contributed by atoms with Gasteiger partial charge in [-0.05, 0) is 26.2 Å². The highest BCUT2D eigenvalue weighted by molar-refractivity contribution is 5.68. The molecule has 0 aliphatic carbocycles. The first-order valence-electron chi connectivity index (χ1n) is 19.1. The number of nitrogens with zero attached hydrogens (tertiary/aromatic N) is 1. The third kappa shape index (κ3) is 19.5. The molecule has 0 aromatic rings. The third-order valence-corrected chi connectivity index (χ3v) is 9.43. The molecule has 0 bridgehead atoms. The van der Waals surface area contributed by atoms with Gasteiger partial charge in [0.05, 0.1) is 6.61 Å². The van der Waals surface area contributed by atoms with Crippen LogP contribution in [0.2, 0.25) is 0 Å². The zero-order chi connectivity index (χ0) is 33.1. The molecular formula is C37H73NO7. The number of ether oxygens (including phenoxy) is 2. The van der Waals surface area contributed by atoms with Crippen LogP contribution in [-0.4, -0.2) is 81.3 Å². The zero-order valence-electron chi connectivity index (χ0n) is 29.5. The van der Waals surface area contributed by atoms with Gasteiger partial charge in [-0.25, -0.2) is 4.79 Å². The van der Waals surface area contributed by atoms with Crippen LogP contribution in [0.4, 0.5) is 4.79 Å². The molecule has 0 aromatic heterocycles. The normalized spacial score (nSPS) is 22.4. The maximum absolute atomic E-state index is 13.3. The van der Waals surface area contributed by atoms with Gasteiger partial charge in [0.25, 0.3) is 0 Å². The summed E-state index contributed by atoms with van der Waals surface area (Å²) in [6.07, 6.45) is 22.9. The van der Waals surface area contributed by atoms with Gasteiger partial charge in [0, 0.05) is 6.54 Å². The van der Waals surface area contributed by atoms with Crippen molar-refractivity contribution in [3.05, 3.63) is 0 Å². The number of hydrogen-bond donors (Lipinski definition) is 4. The van der Waals surface area contributed by atoms with Crippen LogP contribution in [0.3, 0.4) is 0 Å². The lowest BCUT2D eigenvalue weighted by Crippen LogP contribution is -2.64. The van der Waals surface area contributed by atoms with Gasteiger partial charge >= 0.3 is 6.09 Å². The van der Waals surface area contributed by atoms with E-state index in [0.29, 0.717) is 6.54 Å². The molecule has 8 heteroatoms. The van der Waals surface area contributed by atoms with Crippen molar-refractivity contribution in [1.82, 2.24) is 4.90 Å². The van der Waals surface area contributed by atoms with E-state index in [1.807, 2.05) is 6.92 Å². The van der Waals surface area contributed by atoms with Crippen LogP contribution in [-0.2, 0) is 9.47 Å². The summed E-state index contributed by atoms with van der Waals surface area (Å²) < 4.78 is 11.5. The lowest BCUT2D eigenvalue weighted by atomic mass is 9.97. The highest BCUT2D eigenvalue weighted by Gasteiger charge is 2.47. The molecule has 1 amide bonds. The Morgan fingerprint density at radius 3 is 1.44 bits per heavy atom. The predicted octanol–water partition coefficient (Wildman–Crippen LogP) is 8.41. The molecule has 0 aromatic carbocycles. The number of unbranched alkanes of at least 4 members (excludes halogenated alkanes) is 22. The van der Waals surface area contributed by atoms with Crippen LogP contribution in [0.25, 0.3) is 0 Å². The van der Waals surface area contributed by atoms with Gasteiger partial charge in [-0.2, -0.15) is 0 Å². The molecule has 2 unspecified atom stereocenters. The lowest BCUT2D eigenvalue weighted by molar-refractivity contribution is -0.259. The van der Waals surface area contributed by atoms with Gasteiger partial charge in [-0.15, -0.1) is 0 Å². The molecule has 1 fully saturated rings. The first-order valence-corrected chi connectivity index (χ1v) is 19.1. The molecule has 1 heterocycles. The summed E-state index contributed by atoms with van der Waals surface area (Å²) in [7, 11) is 0. The molecular weight excluding hydrogens is 570 g/mol. The van der Waals surface area contributed by atoms with Gasteiger partial charge < -0.3 is 29.9 Å². The Morgan fingerprint density at radius 2 is 1.02 bits per heavy atom. The number of rotatable bonds is 29. The van der Waals surface area contributed by atoms with E-state index in [1.54, 1.807) is 0 Å². The van der Waals surface area contributed by atoms with Crippen LogP contribution in [0, 0.1) is 0 Å². The Morgan fingerprint density at radius 1 is 0.622 bits per heavy atom. The summed E-state index contributed by atoms with van der Waals surface area (Å²) in [5.74, 6) is 0. The van der Waals surface area contributed by atoms with E-state index in [1.165, 1.54) is 120 Å². The van der Waals surface area contributed by atoms with Gasteiger partial charge in [-0.3, -0.25) is 4.90 Å². The predicted molar refractivity (Wildman–Crippen MR) is 183 cm³/mol.